The fourth-order valence-corrected chi connectivity index (χ4v) is 6.55. The van der Waals surface area contributed by atoms with Gasteiger partial charge in [0.25, 0.3) is 0 Å². The molecule has 2 fully saturated rings. The first kappa shape index (κ1) is 28.0. The summed E-state index contributed by atoms with van der Waals surface area (Å²) in [6.45, 7) is 0.527. The van der Waals surface area contributed by atoms with Crippen LogP contribution < -0.4 is 5.73 Å². The van der Waals surface area contributed by atoms with Crippen molar-refractivity contribution < 1.29 is 32.6 Å². The average Bonchev–Trinajstić information content (AvgIpc) is 3.59. The van der Waals surface area contributed by atoms with Crippen LogP contribution in [0.1, 0.15) is 50.1 Å². The third-order valence-electron chi connectivity index (χ3n) is 7.45. The number of carboxylic acids is 1. The van der Waals surface area contributed by atoms with Crippen LogP contribution in [0.3, 0.4) is 0 Å². The van der Waals surface area contributed by atoms with E-state index in [-0.39, 0.29) is 42.1 Å². The number of nitrogens with two attached hydrogens (primary N) is 1. The molecule has 1 aliphatic heterocycles. The Morgan fingerprint density at radius 1 is 1.15 bits per heavy atom. The predicted octanol–water partition coefficient (Wildman–Crippen LogP) is 5.84. The Hall–Kier alpha value is -2.57. The molecule has 2 atom stereocenters. The number of Topliss-reactive ketones (excluding diaryl/α,β-unsaturated/α-hetero) is 1. The number of hydrogen-bond donors (Lipinski definition) is 2. The predicted molar refractivity (Wildman–Crippen MR) is 141 cm³/mol. The standard InChI is InChI=1S/C27H27ClF3N3O4S/c28-19-12-18(20(30)13-17(19)25-33-21-11-15(29)5-8-22(21)39-25)23(32)24(35)27(31,34-9-1-2-10-34)38-16-6-3-14(4-7-16)26(36)37/h5,8,11-14,16,23H,1-4,6-7,9-10,32H2,(H,36,37)/t14-,16-,23-,27?/m0/s1. The molecule has 2 heterocycles. The maximum Gasteiger partial charge on any atom is 0.331 e. The number of thiazole rings is 1. The van der Waals surface area contributed by atoms with E-state index in [4.69, 9.17) is 22.1 Å². The fraction of sp³-hybridized carbons (Fsp3) is 0.444. The van der Waals surface area contributed by atoms with Crippen molar-refractivity contribution in [1.82, 2.24) is 9.88 Å². The number of aromatic nitrogens is 1. The number of benzene rings is 2. The van der Waals surface area contributed by atoms with Crippen LogP contribution in [-0.4, -0.2) is 51.9 Å². The number of ketones is 1. The van der Waals surface area contributed by atoms with Crippen LogP contribution in [0.5, 0.6) is 0 Å². The topological polar surface area (TPSA) is 106 Å². The van der Waals surface area contributed by atoms with E-state index in [0.717, 1.165) is 6.07 Å². The van der Waals surface area contributed by atoms with Crippen LogP contribution in [0, 0.1) is 17.6 Å². The number of fused-ring (bicyclic) bond motifs is 1. The summed E-state index contributed by atoms with van der Waals surface area (Å²) in [5.74, 6) is -6.82. The van der Waals surface area contributed by atoms with Crippen LogP contribution in [0.25, 0.3) is 20.8 Å². The van der Waals surface area contributed by atoms with E-state index in [1.807, 2.05) is 0 Å². The number of rotatable bonds is 8. The van der Waals surface area contributed by atoms with E-state index < -0.39 is 47.4 Å². The zero-order valence-corrected chi connectivity index (χ0v) is 22.4. The number of hydrogen-bond acceptors (Lipinski definition) is 7. The summed E-state index contributed by atoms with van der Waals surface area (Å²) in [5, 5.41) is 9.65. The van der Waals surface area contributed by atoms with Crippen LogP contribution >= 0.6 is 22.9 Å². The first-order chi connectivity index (χ1) is 18.6. The van der Waals surface area contributed by atoms with E-state index in [2.05, 4.69) is 4.98 Å². The summed E-state index contributed by atoms with van der Waals surface area (Å²) in [4.78, 5) is 30.4. The second kappa shape index (κ2) is 11.1. The van der Waals surface area contributed by atoms with Gasteiger partial charge in [0.15, 0.2) is 0 Å². The Morgan fingerprint density at radius 3 is 2.51 bits per heavy atom. The minimum Gasteiger partial charge on any atom is -0.481 e. The number of alkyl halides is 1. The molecule has 2 aliphatic rings. The highest BCUT2D eigenvalue weighted by molar-refractivity contribution is 7.21. The smallest absolute Gasteiger partial charge is 0.331 e. The van der Waals surface area contributed by atoms with Crippen molar-refractivity contribution in [1.29, 1.82) is 0 Å². The normalized spacial score (nSPS) is 22.6. The van der Waals surface area contributed by atoms with Crippen LogP contribution in [0.15, 0.2) is 30.3 Å². The number of nitrogens with zero attached hydrogens (tertiary/aromatic N) is 2. The second-order valence-corrected chi connectivity index (χ2v) is 11.4. The van der Waals surface area contributed by atoms with E-state index in [1.165, 1.54) is 34.4 Å². The number of carboxylic acid groups (broad SMARTS) is 1. The van der Waals surface area contributed by atoms with Gasteiger partial charge in [-0.3, -0.25) is 9.59 Å². The quantitative estimate of drug-likeness (QED) is 0.322. The summed E-state index contributed by atoms with van der Waals surface area (Å²) in [5.41, 5.74) is 6.50. The Kier molecular flexibility index (Phi) is 7.98. The zero-order chi connectivity index (χ0) is 27.9. The highest BCUT2D eigenvalue weighted by Gasteiger charge is 2.51. The molecule has 0 bridgehead atoms. The number of likely N-dealkylation sites (tertiary alicyclic amines) is 1. The van der Waals surface area contributed by atoms with Crippen molar-refractivity contribution in [3.8, 4) is 10.6 Å². The van der Waals surface area contributed by atoms with E-state index >= 15 is 8.78 Å². The number of carbonyl (C=O) groups excluding carboxylic acids is 1. The molecular formula is C27H27ClF3N3O4S. The van der Waals surface area contributed by atoms with E-state index in [0.29, 0.717) is 40.9 Å². The summed E-state index contributed by atoms with van der Waals surface area (Å²) in [6.07, 6.45) is 1.80. The molecule has 12 heteroatoms. The van der Waals surface area contributed by atoms with Gasteiger partial charge < -0.3 is 15.6 Å². The summed E-state index contributed by atoms with van der Waals surface area (Å²) < 4.78 is 51.9. The molecule has 3 N–H and O–H groups in total. The molecule has 1 aliphatic carbocycles. The lowest BCUT2D eigenvalue weighted by molar-refractivity contribution is -0.253. The molecule has 0 spiro atoms. The van der Waals surface area contributed by atoms with Gasteiger partial charge in [-0.15, -0.1) is 11.3 Å². The van der Waals surface area contributed by atoms with Crippen molar-refractivity contribution in [3.63, 3.8) is 0 Å². The maximum atomic E-state index is 16.6. The van der Waals surface area contributed by atoms with Gasteiger partial charge in [-0.2, -0.15) is 4.39 Å². The third kappa shape index (κ3) is 5.55. The molecule has 5 rings (SSSR count). The van der Waals surface area contributed by atoms with E-state index in [1.54, 1.807) is 6.07 Å². The molecule has 2 aromatic carbocycles. The highest BCUT2D eigenvalue weighted by atomic mass is 35.5. The van der Waals surface area contributed by atoms with Gasteiger partial charge in [-0.1, -0.05) is 11.6 Å². The molecule has 1 aromatic heterocycles. The molecule has 1 saturated carbocycles. The molecule has 208 valence electrons. The second-order valence-electron chi connectivity index (χ2n) is 10.0. The van der Waals surface area contributed by atoms with Crippen LogP contribution in [-0.2, 0) is 14.3 Å². The van der Waals surface area contributed by atoms with Crippen LogP contribution in [0.4, 0.5) is 13.2 Å². The lowest BCUT2D eigenvalue weighted by Crippen LogP contribution is -2.56. The summed E-state index contributed by atoms with van der Waals surface area (Å²) in [6, 6.07) is 4.67. The van der Waals surface area contributed by atoms with Gasteiger partial charge in [0.05, 0.1) is 33.3 Å². The molecule has 7 nitrogen and oxygen atoms in total. The number of aliphatic carboxylic acids is 1. The number of ether oxygens (including phenoxy) is 1. The number of carbonyl (C=O) groups is 2. The minimum absolute atomic E-state index is 0.0488. The lowest BCUT2D eigenvalue weighted by atomic mass is 9.87. The minimum atomic E-state index is -2.90. The lowest BCUT2D eigenvalue weighted by Gasteiger charge is -2.38. The summed E-state index contributed by atoms with van der Waals surface area (Å²) >= 11 is 7.65. The average molecular weight is 582 g/mol. The zero-order valence-electron chi connectivity index (χ0n) is 20.8. The first-order valence-electron chi connectivity index (χ1n) is 12.8. The SMILES string of the molecule is N[C@H](C(=O)C(F)(O[C@H]1CC[C@H](C(=O)O)CC1)N1CCCC1)c1cc(Cl)c(-c2nc3cc(F)ccc3s2)cc1F. The highest BCUT2D eigenvalue weighted by Crippen LogP contribution is 2.39. The molecule has 0 radical (unpaired) electrons. The van der Waals surface area contributed by atoms with Gasteiger partial charge in [-0.25, -0.2) is 18.7 Å². The van der Waals surface area contributed by atoms with E-state index in [9.17, 15) is 19.1 Å². The monoisotopic (exact) mass is 581 g/mol. The van der Waals surface area contributed by atoms with Crippen molar-refractivity contribution in [2.45, 2.75) is 56.6 Å². The molecule has 1 saturated heterocycles. The van der Waals surface area contributed by atoms with Crippen molar-refractivity contribution >= 4 is 44.9 Å². The Bertz CT molecular complexity index is 1410. The van der Waals surface area contributed by atoms with Gasteiger partial charge in [0.2, 0.25) is 5.78 Å². The largest absolute Gasteiger partial charge is 0.481 e. The van der Waals surface area contributed by atoms with Gasteiger partial charge in [-0.05, 0) is 62.8 Å². The maximum absolute atomic E-state index is 16.6. The third-order valence-corrected chi connectivity index (χ3v) is 8.83. The molecule has 1 unspecified atom stereocenters. The Balaban J connectivity index is 1.41. The Morgan fingerprint density at radius 2 is 1.85 bits per heavy atom. The van der Waals surface area contributed by atoms with Crippen molar-refractivity contribution in [2.75, 3.05) is 13.1 Å². The molecule has 39 heavy (non-hydrogen) atoms. The van der Waals surface area contributed by atoms with Gasteiger partial charge >= 0.3 is 11.9 Å². The van der Waals surface area contributed by atoms with Gasteiger partial charge in [0, 0.05) is 30.3 Å². The first-order valence-corrected chi connectivity index (χ1v) is 14.0. The molecule has 3 aromatic rings. The van der Waals surface area contributed by atoms with Crippen molar-refractivity contribution in [2.24, 2.45) is 11.7 Å². The van der Waals surface area contributed by atoms with Gasteiger partial charge in [0.1, 0.15) is 16.6 Å². The molecule has 0 amide bonds. The fourth-order valence-electron chi connectivity index (χ4n) is 5.25. The molecular weight excluding hydrogens is 555 g/mol. The van der Waals surface area contributed by atoms with Crippen LogP contribution in [0.2, 0.25) is 5.02 Å². The summed E-state index contributed by atoms with van der Waals surface area (Å²) in [7, 11) is 0. The Labute approximate surface area is 231 Å². The van der Waals surface area contributed by atoms with Crippen molar-refractivity contribution in [3.05, 3.63) is 52.6 Å². The number of halogens is 4.